The van der Waals surface area contributed by atoms with E-state index in [2.05, 4.69) is 242 Å². The molecule has 0 fully saturated rings. The Balaban J connectivity index is 0.982. The van der Waals surface area contributed by atoms with Gasteiger partial charge in [-0.25, -0.2) is 0 Å². The van der Waals surface area contributed by atoms with Gasteiger partial charge in [0.2, 0.25) is 0 Å². The zero-order valence-electron chi connectivity index (χ0n) is 36.7. The average molecular weight is 845 g/mol. The van der Waals surface area contributed by atoms with E-state index in [4.69, 9.17) is 4.42 Å². The average Bonchev–Trinajstić information content (AvgIpc) is 4.00. The molecule has 10 aromatic carbocycles. The van der Waals surface area contributed by atoms with Crippen molar-refractivity contribution in [2.24, 2.45) is 0 Å². The monoisotopic (exact) mass is 844 g/mol. The van der Waals surface area contributed by atoms with Gasteiger partial charge in [-0.05, 0) is 111 Å². The molecule has 0 spiro atoms. The number of aromatic nitrogens is 1. The molecule has 3 heteroatoms. The van der Waals surface area contributed by atoms with Gasteiger partial charge < -0.3 is 13.9 Å². The van der Waals surface area contributed by atoms with E-state index in [1.807, 2.05) is 12.1 Å². The summed E-state index contributed by atoms with van der Waals surface area (Å²) < 4.78 is 8.98. The maximum absolute atomic E-state index is 6.48. The lowest BCUT2D eigenvalue weighted by Gasteiger charge is -2.27. The van der Waals surface area contributed by atoms with Gasteiger partial charge in [0.15, 0.2) is 0 Å². The van der Waals surface area contributed by atoms with Crippen molar-refractivity contribution in [3.05, 3.63) is 242 Å². The Morgan fingerprint density at radius 1 is 0.379 bits per heavy atom. The van der Waals surface area contributed by atoms with Crippen molar-refractivity contribution in [3.8, 4) is 50.2 Å². The van der Waals surface area contributed by atoms with E-state index in [0.717, 1.165) is 55.7 Å². The first-order valence-electron chi connectivity index (χ1n) is 22.8. The molecule has 66 heavy (non-hydrogen) atoms. The molecule has 1 aliphatic rings. The highest BCUT2D eigenvalue weighted by atomic mass is 16.3. The molecular formula is C63H44N2O. The Bertz CT molecular complexity index is 3780. The van der Waals surface area contributed by atoms with Crippen LogP contribution < -0.4 is 4.90 Å². The SMILES string of the molecule is CC1(C)c2ccccc2-c2c(-n3c4ccccc4c4ccccc43)cc(-c3cccc(N(c4ccc(-c5ccccc5)cc4)c4ccc(-c5cccc6c5oc5ccccc56)cc4)c3)cc21. The van der Waals surface area contributed by atoms with E-state index in [9.17, 15) is 0 Å². The summed E-state index contributed by atoms with van der Waals surface area (Å²) in [6.07, 6.45) is 0. The molecule has 0 radical (unpaired) electrons. The fourth-order valence-corrected chi connectivity index (χ4v) is 10.8. The van der Waals surface area contributed by atoms with Gasteiger partial charge in [-0.1, -0.05) is 178 Å². The Morgan fingerprint density at radius 2 is 0.939 bits per heavy atom. The van der Waals surface area contributed by atoms with E-state index < -0.39 is 0 Å². The van der Waals surface area contributed by atoms with E-state index in [1.54, 1.807) is 0 Å². The number of para-hydroxylation sites is 4. The fourth-order valence-electron chi connectivity index (χ4n) is 10.8. The van der Waals surface area contributed by atoms with Crippen molar-refractivity contribution in [2.45, 2.75) is 19.3 Å². The van der Waals surface area contributed by atoms with Gasteiger partial charge in [0.25, 0.3) is 0 Å². The standard InChI is InChI=1S/C63H44N2O/c1-63(2)55-26-10-6-23-54(55)61-56(63)39-45(40-59(61)65-57-27-11-7-20-50(57)51-21-8-12-28-58(51)65)44-18-14-19-48(38-44)64(46-34-30-42(31-35-46)41-16-4-3-5-17-41)47-36-32-43(33-37-47)49-24-15-25-53-52-22-9-13-29-60(52)66-62(49)53/h3-40H,1-2H3. The van der Waals surface area contributed by atoms with E-state index in [1.165, 1.54) is 66.4 Å². The van der Waals surface area contributed by atoms with Crippen LogP contribution in [0.5, 0.6) is 0 Å². The van der Waals surface area contributed by atoms with Crippen LogP contribution in [-0.4, -0.2) is 4.57 Å². The molecule has 0 bridgehead atoms. The summed E-state index contributed by atoms with van der Waals surface area (Å²) >= 11 is 0. The van der Waals surface area contributed by atoms with Gasteiger partial charge in [0.1, 0.15) is 11.2 Å². The molecule has 0 saturated carbocycles. The second-order valence-corrected chi connectivity index (χ2v) is 18.1. The molecule has 0 N–H and O–H groups in total. The van der Waals surface area contributed by atoms with Crippen molar-refractivity contribution in [1.29, 1.82) is 0 Å². The largest absolute Gasteiger partial charge is 0.455 e. The predicted octanol–water partition coefficient (Wildman–Crippen LogP) is 17.5. The third kappa shape index (κ3) is 5.90. The Kier molecular flexibility index (Phi) is 8.56. The number of fused-ring (bicyclic) bond motifs is 9. The number of furan rings is 1. The van der Waals surface area contributed by atoms with Crippen LogP contribution in [-0.2, 0) is 5.41 Å². The van der Waals surface area contributed by atoms with Gasteiger partial charge in [-0.15, -0.1) is 0 Å². The normalized spacial score (nSPS) is 12.8. The first-order valence-corrected chi connectivity index (χ1v) is 22.8. The highest BCUT2D eigenvalue weighted by Gasteiger charge is 2.38. The summed E-state index contributed by atoms with van der Waals surface area (Å²) in [5, 5.41) is 4.78. The van der Waals surface area contributed by atoms with Crippen molar-refractivity contribution >= 4 is 60.8 Å². The van der Waals surface area contributed by atoms with Gasteiger partial charge in [-0.3, -0.25) is 0 Å². The molecule has 2 heterocycles. The number of nitrogens with zero attached hydrogens (tertiary/aromatic N) is 2. The van der Waals surface area contributed by atoms with Gasteiger partial charge in [0.05, 0.1) is 16.7 Å². The zero-order chi connectivity index (χ0) is 43.9. The smallest absolute Gasteiger partial charge is 0.143 e. The Hall–Kier alpha value is -8.40. The summed E-state index contributed by atoms with van der Waals surface area (Å²) in [7, 11) is 0. The van der Waals surface area contributed by atoms with Crippen LogP contribution in [0.4, 0.5) is 17.1 Å². The Morgan fingerprint density at radius 3 is 1.68 bits per heavy atom. The minimum absolute atomic E-state index is 0.200. The summed E-state index contributed by atoms with van der Waals surface area (Å²) in [6, 6.07) is 83.8. The molecule has 3 nitrogen and oxygen atoms in total. The fraction of sp³-hybridized carbons (Fsp3) is 0.0476. The molecule has 2 aromatic heterocycles. The van der Waals surface area contributed by atoms with Gasteiger partial charge in [0, 0.05) is 55.1 Å². The Labute approximate surface area is 384 Å². The second kappa shape index (κ2) is 14.8. The molecule has 0 aliphatic heterocycles. The van der Waals surface area contributed by atoms with E-state index >= 15 is 0 Å². The molecular weight excluding hydrogens is 801 g/mol. The first-order chi connectivity index (χ1) is 32.5. The number of hydrogen-bond acceptors (Lipinski definition) is 2. The van der Waals surface area contributed by atoms with Crippen molar-refractivity contribution < 1.29 is 4.42 Å². The van der Waals surface area contributed by atoms with Crippen molar-refractivity contribution in [3.63, 3.8) is 0 Å². The van der Waals surface area contributed by atoms with Crippen LogP contribution in [0.15, 0.2) is 235 Å². The molecule has 13 rings (SSSR count). The molecule has 1 aliphatic carbocycles. The molecule has 12 aromatic rings. The summed E-state index contributed by atoms with van der Waals surface area (Å²) in [4.78, 5) is 2.38. The zero-order valence-corrected chi connectivity index (χ0v) is 36.7. The van der Waals surface area contributed by atoms with Crippen LogP contribution >= 0.6 is 0 Å². The number of hydrogen-bond donors (Lipinski definition) is 0. The third-order valence-corrected chi connectivity index (χ3v) is 14.0. The summed E-state index contributed by atoms with van der Waals surface area (Å²) in [5.41, 5.74) is 20.7. The van der Waals surface area contributed by atoms with E-state index in [0.29, 0.717) is 0 Å². The highest BCUT2D eigenvalue weighted by Crippen LogP contribution is 2.53. The third-order valence-electron chi connectivity index (χ3n) is 14.0. The van der Waals surface area contributed by atoms with Crippen LogP contribution in [0.3, 0.4) is 0 Å². The van der Waals surface area contributed by atoms with E-state index in [-0.39, 0.29) is 5.41 Å². The second-order valence-electron chi connectivity index (χ2n) is 18.1. The minimum Gasteiger partial charge on any atom is -0.455 e. The molecule has 0 unspecified atom stereocenters. The van der Waals surface area contributed by atoms with Gasteiger partial charge >= 0.3 is 0 Å². The maximum atomic E-state index is 6.48. The lowest BCUT2D eigenvalue weighted by molar-refractivity contribution is 0.660. The topological polar surface area (TPSA) is 21.3 Å². The van der Waals surface area contributed by atoms with Gasteiger partial charge in [-0.2, -0.15) is 0 Å². The van der Waals surface area contributed by atoms with Crippen LogP contribution in [0, 0.1) is 0 Å². The molecule has 0 saturated heterocycles. The van der Waals surface area contributed by atoms with Crippen molar-refractivity contribution in [1.82, 2.24) is 4.57 Å². The number of benzene rings is 10. The predicted molar refractivity (Wildman–Crippen MR) is 277 cm³/mol. The lowest BCUT2D eigenvalue weighted by Crippen LogP contribution is -2.15. The summed E-state index contributed by atoms with van der Waals surface area (Å²) in [5.74, 6) is 0. The van der Waals surface area contributed by atoms with Crippen LogP contribution in [0.2, 0.25) is 0 Å². The maximum Gasteiger partial charge on any atom is 0.143 e. The minimum atomic E-state index is -0.200. The first kappa shape index (κ1) is 38.1. The molecule has 0 amide bonds. The number of anilines is 3. The summed E-state index contributed by atoms with van der Waals surface area (Å²) in [6.45, 7) is 4.76. The van der Waals surface area contributed by atoms with Crippen LogP contribution in [0.1, 0.15) is 25.0 Å². The molecule has 0 atom stereocenters. The number of rotatable bonds is 7. The molecule has 312 valence electrons. The quantitative estimate of drug-likeness (QED) is 0.159. The van der Waals surface area contributed by atoms with Crippen LogP contribution in [0.25, 0.3) is 93.9 Å². The highest BCUT2D eigenvalue weighted by molar-refractivity contribution is 6.11. The van der Waals surface area contributed by atoms with Crippen molar-refractivity contribution in [2.75, 3.05) is 4.90 Å². The lowest BCUT2D eigenvalue weighted by atomic mass is 9.81.